The van der Waals surface area contributed by atoms with Crippen LogP contribution >= 0.6 is 0 Å². The Labute approximate surface area is 211 Å². The Morgan fingerprint density at radius 2 is 1.21 bits per heavy atom. The minimum atomic E-state index is -2.72. The number of benzene rings is 2. The van der Waals surface area contributed by atoms with E-state index in [1.54, 1.807) is 3.58 Å². The molecule has 0 saturated carbocycles. The van der Waals surface area contributed by atoms with Gasteiger partial charge in [0.05, 0.1) is 0 Å². The second-order valence-electron chi connectivity index (χ2n) is 10.3. The van der Waals surface area contributed by atoms with Gasteiger partial charge in [0.25, 0.3) is 0 Å². The average molecular weight is 570 g/mol. The molecule has 2 aromatic rings. The van der Waals surface area contributed by atoms with Gasteiger partial charge in [-0.15, -0.1) is 0 Å². The number of nitrogens with zero attached hydrogens (tertiary/aromatic N) is 1. The van der Waals surface area contributed by atoms with E-state index in [2.05, 4.69) is 52.0 Å². The molecule has 0 bridgehead atoms. The van der Waals surface area contributed by atoms with Crippen LogP contribution in [-0.4, -0.2) is 41.6 Å². The molecule has 0 radical (unpaired) electrons. The number of imide groups is 1. The zero-order valence-corrected chi connectivity index (χ0v) is 24.9. The SMILES string of the molecule is CCCCCCN1C(=O)c2cccc3[c]([Sn]([CH2]CCC)([CH2]CCC)[CH2]CCC)ccc(c23)C1=O. The summed E-state index contributed by atoms with van der Waals surface area (Å²) in [6.45, 7) is 9.63. The summed E-state index contributed by atoms with van der Waals surface area (Å²) >= 11 is -2.72. The van der Waals surface area contributed by atoms with E-state index in [0.29, 0.717) is 6.54 Å². The molecule has 3 rings (SSSR count). The van der Waals surface area contributed by atoms with E-state index in [1.165, 1.54) is 62.1 Å². The van der Waals surface area contributed by atoms with Crippen LogP contribution in [0.5, 0.6) is 0 Å². The number of hydrogen-bond acceptors (Lipinski definition) is 2. The normalized spacial score (nSPS) is 13.8. The van der Waals surface area contributed by atoms with Gasteiger partial charge in [-0.25, -0.2) is 0 Å². The van der Waals surface area contributed by atoms with Gasteiger partial charge in [-0.1, -0.05) is 0 Å². The third-order valence-electron chi connectivity index (χ3n) is 7.83. The van der Waals surface area contributed by atoms with E-state index >= 15 is 0 Å². The number of amides is 2. The van der Waals surface area contributed by atoms with Gasteiger partial charge in [0, 0.05) is 0 Å². The van der Waals surface area contributed by atoms with Gasteiger partial charge in [-0.3, -0.25) is 0 Å². The first kappa shape index (κ1) is 27.2. The summed E-state index contributed by atoms with van der Waals surface area (Å²) in [4.78, 5) is 28.5. The second kappa shape index (κ2) is 13.1. The van der Waals surface area contributed by atoms with Crippen molar-refractivity contribution in [2.24, 2.45) is 0 Å². The maximum atomic E-state index is 13.5. The van der Waals surface area contributed by atoms with E-state index in [-0.39, 0.29) is 11.8 Å². The van der Waals surface area contributed by atoms with Crippen LogP contribution < -0.4 is 3.58 Å². The molecule has 0 fully saturated rings. The first-order valence-corrected chi connectivity index (χ1v) is 21.4. The Kier molecular flexibility index (Phi) is 10.5. The summed E-state index contributed by atoms with van der Waals surface area (Å²) in [5.74, 6) is -0.179. The van der Waals surface area contributed by atoms with E-state index in [9.17, 15) is 9.59 Å². The summed E-state index contributed by atoms with van der Waals surface area (Å²) in [6, 6.07) is 10.6. The molecule has 0 saturated heterocycles. The fourth-order valence-corrected chi connectivity index (χ4v) is 22.6. The molecule has 4 heteroatoms. The first-order valence-electron chi connectivity index (χ1n) is 14.0. The van der Waals surface area contributed by atoms with Gasteiger partial charge in [-0.2, -0.15) is 0 Å². The van der Waals surface area contributed by atoms with Crippen molar-refractivity contribution in [3.05, 3.63) is 41.5 Å². The third-order valence-corrected chi connectivity index (χ3v) is 23.6. The van der Waals surface area contributed by atoms with Gasteiger partial charge in [0.15, 0.2) is 0 Å². The Bertz CT molecular complexity index is 939. The van der Waals surface area contributed by atoms with Crippen LogP contribution in [0, 0.1) is 0 Å². The number of carbonyl (C=O) groups is 2. The molecule has 3 nitrogen and oxygen atoms in total. The van der Waals surface area contributed by atoms with Crippen LogP contribution in [0.15, 0.2) is 30.3 Å². The molecule has 0 N–H and O–H groups in total. The van der Waals surface area contributed by atoms with Crippen molar-refractivity contribution in [2.75, 3.05) is 6.54 Å². The predicted octanol–water partition coefficient (Wildman–Crippen LogP) is 8.07. The molecule has 1 aliphatic heterocycles. The molecule has 0 unspecified atom stereocenters. The monoisotopic (exact) mass is 571 g/mol. The van der Waals surface area contributed by atoms with E-state index in [4.69, 9.17) is 0 Å². The number of hydrogen-bond donors (Lipinski definition) is 0. The molecule has 2 amide bonds. The Balaban J connectivity index is 2.10. The summed E-state index contributed by atoms with van der Waals surface area (Å²) in [5.41, 5.74) is 1.48. The Morgan fingerprint density at radius 1 is 0.647 bits per heavy atom. The second-order valence-corrected chi connectivity index (χ2v) is 23.4. The third kappa shape index (κ3) is 5.71. The average Bonchev–Trinajstić information content (AvgIpc) is 2.86. The van der Waals surface area contributed by atoms with Gasteiger partial charge in [0.1, 0.15) is 0 Å². The van der Waals surface area contributed by atoms with Crippen molar-refractivity contribution in [3.63, 3.8) is 0 Å². The van der Waals surface area contributed by atoms with E-state index in [1.807, 2.05) is 6.07 Å². The molecule has 0 aliphatic carbocycles. The quantitative estimate of drug-likeness (QED) is 0.123. The molecular formula is C30H45NO2Sn. The molecular weight excluding hydrogens is 525 g/mol. The molecule has 0 atom stereocenters. The Morgan fingerprint density at radius 3 is 1.76 bits per heavy atom. The van der Waals surface area contributed by atoms with E-state index < -0.39 is 18.4 Å². The fourth-order valence-electron chi connectivity index (χ4n) is 5.83. The summed E-state index contributed by atoms with van der Waals surface area (Å²) < 4.78 is 5.72. The van der Waals surface area contributed by atoms with Crippen LogP contribution in [-0.2, 0) is 0 Å². The fraction of sp³-hybridized carbons (Fsp3) is 0.600. The molecule has 0 aromatic heterocycles. The minimum absolute atomic E-state index is 0.0896. The number of unbranched alkanes of at least 4 members (excludes halogenated alkanes) is 6. The van der Waals surface area contributed by atoms with Crippen molar-refractivity contribution in [1.29, 1.82) is 0 Å². The molecule has 2 aromatic carbocycles. The topological polar surface area (TPSA) is 37.4 Å². The molecule has 0 spiro atoms. The van der Waals surface area contributed by atoms with Crippen LogP contribution in [0.1, 0.15) is 113 Å². The number of rotatable bonds is 15. The Hall–Kier alpha value is -1.36. The summed E-state index contributed by atoms with van der Waals surface area (Å²) in [5, 5.41) is 2.17. The predicted molar refractivity (Wildman–Crippen MR) is 148 cm³/mol. The number of carbonyl (C=O) groups excluding carboxylic acids is 2. The van der Waals surface area contributed by atoms with Gasteiger partial charge >= 0.3 is 212 Å². The van der Waals surface area contributed by atoms with Crippen molar-refractivity contribution in [3.8, 4) is 0 Å². The first-order chi connectivity index (χ1) is 16.5. The summed E-state index contributed by atoms with van der Waals surface area (Å²) in [6.07, 6.45) is 11.9. The summed E-state index contributed by atoms with van der Waals surface area (Å²) in [7, 11) is 0. The van der Waals surface area contributed by atoms with Gasteiger partial charge < -0.3 is 0 Å². The van der Waals surface area contributed by atoms with Gasteiger partial charge in [-0.05, 0) is 0 Å². The van der Waals surface area contributed by atoms with Crippen LogP contribution in [0.2, 0.25) is 13.3 Å². The molecule has 34 heavy (non-hydrogen) atoms. The standard InChI is InChI=1S/C18H18NO2.3C4H9.Sn/c1-2-3-4-5-12-19-17(20)14-10-6-8-13-9-7-11-15(16(13)14)18(19)21;3*1-3-4-2;/h6-8,10-11H,2-5,12H2,1H3;3*1,3-4H2,2H3;. The maximum absolute atomic E-state index is 13.5. The van der Waals surface area contributed by atoms with Crippen molar-refractivity contribution < 1.29 is 9.59 Å². The van der Waals surface area contributed by atoms with Crippen LogP contribution in [0.25, 0.3) is 10.8 Å². The van der Waals surface area contributed by atoms with E-state index in [0.717, 1.165) is 42.2 Å². The van der Waals surface area contributed by atoms with Crippen LogP contribution in [0.3, 0.4) is 0 Å². The zero-order valence-electron chi connectivity index (χ0n) is 22.0. The van der Waals surface area contributed by atoms with Gasteiger partial charge in [0.2, 0.25) is 0 Å². The van der Waals surface area contributed by atoms with Crippen molar-refractivity contribution in [1.82, 2.24) is 4.90 Å². The van der Waals surface area contributed by atoms with Crippen molar-refractivity contribution >= 4 is 44.5 Å². The zero-order chi connectivity index (χ0) is 24.6. The van der Waals surface area contributed by atoms with Crippen molar-refractivity contribution in [2.45, 2.75) is 105 Å². The molecule has 186 valence electrons. The molecule has 1 heterocycles. The van der Waals surface area contributed by atoms with Crippen LogP contribution in [0.4, 0.5) is 0 Å². The molecule has 1 aliphatic rings.